The molecule has 2 aromatic rings. The maximum Gasteiger partial charge on any atom is 0.433 e. The number of anilines is 1. The first-order valence-corrected chi connectivity index (χ1v) is 7.81. The molecule has 1 N–H and O–H groups in total. The molecule has 5 nitrogen and oxygen atoms in total. The number of amides is 1. The van der Waals surface area contributed by atoms with E-state index in [0.29, 0.717) is 5.13 Å². The van der Waals surface area contributed by atoms with Gasteiger partial charge >= 0.3 is 6.18 Å². The number of nitrogens with zero attached hydrogens (tertiary/aromatic N) is 3. The van der Waals surface area contributed by atoms with Gasteiger partial charge in [0.05, 0.1) is 11.3 Å². The molecule has 23 heavy (non-hydrogen) atoms. The summed E-state index contributed by atoms with van der Waals surface area (Å²) in [5, 5.41) is 11.5. The summed E-state index contributed by atoms with van der Waals surface area (Å²) in [6.07, 6.45) is -1.75. The van der Waals surface area contributed by atoms with E-state index in [4.69, 9.17) is 0 Å². The number of carbonyl (C=O) groups is 1. The second kappa shape index (κ2) is 7.03. The quantitative estimate of drug-likeness (QED) is 0.894. The summed E-state index contributed by atoms with van der Waals surface area (Å²) in [7, 11) is 0. The third kappa shape index (κ3) is 4.47. The number of halogens is 3. The van der Waals surface area contributed by atoms with E-state index in [2.05, 4.69) is 27.4 Å². The van der Waals surface area contributed by atoms with Crippen molar-refractivity contribution in [3.8, 4) is 0 Å². The van der Waals surface area contributed by atoms with Crippen molar-refractivity contribution >= 4 is 22.4 Å². The molecule has 0 fully saturated rings. The van der Waals surface area contributed by atoms with Crippen LogP contribution in [0.15, 0.2) is 12.1 Å². The van der Waals surface area contributed by atoms with Gasteiger partial charge in [0.1, 0.15) is 10.7 Å². The Labute approximate surface area is 135 Å². The molecule has 1 amide bonds. The van der Waals surface area contributed by atoms with Gasteiger partial charge in [0.25, 0.3) is 5.91 Å². The minimum absolute atomic E-state index is 0.00745. The van der Waals surface area contributed by atoms with Crippen molar-refractivity contribution in [1.82, 2.24) is 15.2 Å². The molecule has 2 aromatic heterocycles. The second-order valence-electron chi connectivity index (χ2n) is 4.89. The normalized spacial score (nSPS) is 11.5. The van der Waals surface area contributed by atoms with Crippen LogP contribution in [0.3, 0.4) is 0 Å². The van der Waals surface area contributed by atoms with Crippen molar-refractivity contribution in [1.29, 1.82) is 0 Å². The molecule has 0 aromatic carbocycles. The third-order valence-electron chi connectivity index (χ3n) is 3.05. The number of rotatable bonds is 5. The van der Waals surface area contributed by atoms with Gasteiger partial charge in [0, 0.05) is 6.42 Å². The lowest BCUT2D eigenvalue weighted by atomic mass is 10.1. The topological polar surface area (TPSA) is 67.8 Å². The summed E-state index contributed by atoms with van der Waals surface area (Å²) in [6.45, 7) is 3.42. The average Bonchev–Trinajstić information content (AvgIpc) is 2.91. The predicted molar refractivity (Wildman–Crippen MR) is 80.5 cm³/mol. The van der Waals surface area contributed by atoms with Crippen molar-refractivity contribution < 1.29 is 18.0 Å². The van der Waals surface area contributed by atoms with E-state index in [9.17, 15) is 18.0 Å². The number of hydrogen-bond donors (Lipinski definition) is 1. The number of aromatic nitrogens is 3. The van der Waals surface area contributed by atoms with Gasteiger partial charge in [-0.2, -0.15) is 13.2 Å². The lowest BCUT2D eigenvalue weighted by Gasteiger charge is -2.09. The van der Waals surface area contributed by atoms with Crippen LogP contribution in [0, 0.1) is 6.92 Å². The monoisotopic (exact) mass is 344 g/mol. The summed E-state index contributed by atoms with van der Waals surface area (Å²) in [6, 6.07) is 1.90. The zero-order valence-electron chi connectivity index (χ0n) is 12.6. The van der Waals surface area contributed by atoms with Crippen LogP contribution in [0.4, 0.5) is 18.3 Å². The van der Waals surface area contributed by atoms with E-state index in [1.807, 2.05) is 0 Å². The molecule has 0 aliphatic rings. The van der Waals surface area contributed by atoms with Crippen molar-refractivity contribution in [2.75, 3.05) is 5.32 Å². The third-order valence-corrected chi connectivity index (χ3v) is 3.95. The van der Waals surface area contributed by atoms with Gasteiger partial charge < -0.3 is 0 Å². The Balaban J connectivity index is 2.10. The lowest BCUT2D eigenvalue weighted by molar-refractivity contribution is -0.141. The number of nitrogens with one attached hydrogen (secondary N) is 1. The lowest BCUT2D eigenvalue weighted by Crippen LogP contribution is -2.16. The molecule has 0 unspecified atom stereocenters. The van der Waals surface area contributed by atoms with E-state index < -0.39 is 17.8 Å². The number of pyridine rings is 1. The molecule has 2 heterocycles. The molecule has 0 bridgehead atoms. The Hall–Kier alpha value is -2.03. The largest absolute Gasteiger partial charge is 0.433 e. The van der Waals surface area contributed by atoms with E-state index >= 15 is 0 Å². The van der Waals surface area contributed by atoms with Gasteiger partial charge in [0.15, 0.2) is 0 Å². The van der Waals surface area contributed by atoms with Crippen LogP contribution in [-0.2, 0) is 12.6 Å². The van der Waals surface area contributed by atoms with Crippen LogP contribution >= 0.6 is 11.3 Å². The van der Waals surface area contributed by atoms with Crippen LogP contribution in [0.25, 0.3) is 0 Å². The first-order valence-electron chi connectivity index (χ1n) is 7.00. The molecule has 0 aliphatic heterocycles. The van der Waals surface area contributed by atoms with Crippen molar-refractivity contribution in [2.24, 2.45) is 0 Å². The summed E-state index contributed by atoms with van der Waals surface area (Å²) in [5.41, 5.74) is -0.944. The number of carbonyl (C=O) groups excluding carboxylic acids is 1. The fourth-order valence-electron chi connectivity index (χ4n) is 1.86. The first kappa shape index (κ1) is 17.3. The number of hydrogen-bond acceptors (Lipinski definition) is 5. The molecule has 2 rings (SSSR count). The van der Waals surface area contributed by atoms with Gasteiger partial charge in [0.2, 0.25) is 5.13 Å². The summed E-state index contributed by atoms with van der Waals surface area (Å²) >= 11 is 1.25. The Morgan fingerprint density at radius 3 is 2.65 bits per heavy atom. The van der Waals surface area contributed by atoms with Crippen LogP contribution in [0.1, 0.15) is 46.5 Å². The highest BCUT2D eigenvalue weighted by atomic mass is 32.1. The summed E-state index contributed by atoms with van der Waals surface area (Å²) in [4.78, 5) is 15.6. The van der Waals surface area contributed by atoms with Gasteiger partial charge in [-0.05, 0) is 25.5 Å². The van der Waals surface area contributed by atoms with E-state index in [1.165, 1.54) is 18.3 Å². The summed E-state index contributed by atoms with van der Waals surface area (Å²) in [5.74, 6) is -0.554. The van der Waals surface area contributed by atoms with Crippen LogP contribution in [0.5, 0.6) is 0 Å². The highest BCUT2D eigenvalue weighted by Gasteiger charge is 2.33. The highest BCUT2D eigenvalue weighted by Crippen LogP contribution is 2.28. The molecule has 124 valence electrons. The van der Waals surface area contributed by atoms with E-state index in [0.717, 1.165) is 36.4 Å². The molecule has 0 atom stereocenters. The summed E-state index contributed by atoms with van der Waals surface area (Å²) < 4.78 is 37.7. The maximum absolute atomic E-state index is 12.6. The Bertz CT molecular complexity index is 700. The van der Waals surface area contributed by atoms with Gasteiger partial charge in [-0.15, -0.1) is 10.2 Å². The highest BCUT2D eigenvalue weighted by molar-refractivity contribution is 7.15. The van der Waals surface area contributed by atoms with E-state index in [-0.39, 0.29) is 11.3 Å². The fraction of sp³-hybridized carbons (Fsp3) is 0.429. The number of alkyl halides is 3. The van der Waals surface area contributed by atoms with Crippen molar-refractivity contribution in [3.63, 3.8) is 0 Å². The molecule has 0 saturated heterocycles. The Morgan fingerprint density at radius 2 is 2.04 bits per heavy atom. The van der Waals surface area contributed by atoms with E-state index in [1.54, 1.807) is 0 Å². The van der Waals surface area contributed by atoms with Gasteiger partial charge in [-0.1, -0.05) is 24.7 Å². The number of unbranched alkanes of at least 4 members (excludes halogenated alkanes) is 1. The standard InChI is InChI=1S/C14H15F3N4OS/c1-3-4-5-11-20-21-13(23-11)19-12(22)9-6-7-10(14(15,16)17)18-8(9)2/h6-7H,3-5H2,1-2H3,(H,19,21,22). The van der Waals surface area contributed by atoms with Gasteiger partial charge in [-0.25, -0.2) is 4.98 Å². The van der Waals surface area contributed by atoms with Crippen molar-refractivity contribution in [2.45, 2.75) is 39.3 Å². The average molecular weight is 344 g/mol. The minimum atomic E-state index is -4.53. The SMILES string of the molecule is CCCCc1nnc(NC(=O)c2ccc(C(F)(F)F)nc2C)s1. The smallest absolute Gasteiger partial charge is 0.296 e. The Morgan fingerprint density at radius 1 is 1.30 bits per heavy atom. The maximum atomic E-state index is 12.6. The molecule has 0 radical (unpaired) electrons. The zero-order valence-corrected chi connectivity index (χ0v) is 13.4. The molecule has 0 spiro atoms. The van der Waals surface area contributed by atoms with Crippen LogP contribution in [0.2, 0.25) is 0 Å². The van der Waals surface area contributed by atoms with Crippen molar-refractivity contribution in [3.05, 3.63) is 34.1 Å². The fourth-order valence-corrected chi connectivity index (χ4v) is 2.63. The van der Waals surface area contributed by atoms with Crippen LogP contribution < -0.4 is 5.32 Å². The molecule has 0 saturated carbocycles. The molecular weight excluding hydrogens is 329 g/mol. The molecule has 9 heteroatoms. The zero-order chi connectivity index (χ0) is 17.0. The molecular formula is C14H15F3N4OS. The minimum Gasteiger partial charge on any atom is -0.296 e. The molecule has 0 aliphatic carbocycles. The van der Waals surface area contributed by atoms with Gasteiger partial charge in [-0.3, -0.25) is 10.1 Å². The van der Waals surface area contributed by atoms with Crippen LogP contribution in [-0.4, -0.2) is 21.1 Å². The first-order chi connectivity index (χ1) is 10.8. The predicted octanol–water partition coefficient (Wildman–Crippen LogP) is 3.86. The Kier molecular flexibility index (Phi) is 5.30. The second-order valence-corrected chi connectivity index (χ2v) is 5.95. The number of aryl methyl sites for hydroxylation is 2.